The van der Waals surface area contributed by atoms with Crippen LogP contribution >= 0.6 is 11.8 Å². The van der Waals surface area contributed by atoms with Crippen molar-refractivity contribution < 1.29 is 19.8 Å². The summed E-state index contributed by atoms with van der Waals surface area (Å²) < 4.78 is 0. The van der Waals surface area contributed by atoms with Crippen molar-refractivity contribution >= 4 is 23.6 Å². The minimum atomic E-state index is -1.19. The third-order valence-electron chi connectivity index (χ3n) is 2.48. The molecule has 0 aromatic rings. The number of carboxylic acids is 1. The van der Waals surface area contributed by atoms with Crippen LogP contribution < -0.4 is 5.73 Å². The molecule has 0 spiro atoms. The predicted octanol–water partition coefficient (Wildman–Crippen LogP) is -1.44. The number of amides is 1. The highest BCUT2D eigenvalue weighted by atomic mass is 32.2. The summed E-state index contributed by atoms with van der Waals surface area (Å²) in [6.45, 7) is -0.347. The number of carboxylic acid groups (broad SMARTS) is 1. The molecule has 2 aliphatic heterocycles. The number of β-lactam (4-membered cyclic amide) rings is 1. The zero-order valence-corrected chi connectivity index (χ0v) is 8.53. The minimum Gasteiger partial charge on any atom is -0.477 e. The highest BCUT2D eigenvalue weighted by molar-refractivity contribution is 8.00. The molecule has 4 N–H and O–H groups in total. The SMILES string of the molecule is N[C@@H]1C(=O)N2C(C(=O)O)=C(CO)CSC12. The first kappa shape index (κ1) is 10.5. The van der Waals surface area contributed by atoms with E-state index in [9.17, 15) is 9.59 Å². The topological polar surface area (TPSA) is 104 Å². The van der Waals surface area contributed by atoms with Gasteiger partial charge in [-0.05, 0) is 5.57 Å². The normalized spacial score (nSPS) is 30.0. The van der Waals surface area contributed by atoms with E-state index in [0.717, 1.165) is 4.90 Å². The number of hydrogen-bond acceptors (Lipinski definition) is 5. The van der Waals surface area contributed by atoms with Gasteiger partial charge in [0, 0.05) is 5.75 Å². The lowest BCUT2D eigenvalue weighted by Crippen LogP contribution is -2.68. The summed E-state index contributed by atoms with van der Waals surface area (Å²) in [6, 6.07) is -0.621. The molecule has 2 heterocycles. The minimum absolute atomic E-state index is 0.104. The Hall–Kier alpha value is -1.05. The average molecular weight is 230 g/mol. The van der Waals surface area contributed by atoms with Gasteiger partial charge in [-0.25, -0.2) is 4.79 Å². The molecule has 0 aliphatic carbocycles. The summed E-state index contributed by atoms with van der Waals surface area (Å²) in [7, 11) is 0. The van der Waals surface area contributed by atoms with Crippen LogP contribution in [0.5, 0.6) is 0 Å². The number of thioether (sulfide) groups is 1. The molecule has 7 heteroatoms. The maximum atomic E-state index is 11.4. The van der Waals surface area contributed by atoms with E-state index in [2.05, 4.69) is 0 Å². The monoisotopic (exact) mass is 230 g/mol. The molecule has 1 saturated heterocycles. The van der Waals surface area contributed by atoms with E-state index in [1.165, 1.54) is 11.8 Å². The molecule has 82 valence electrons. The molecule has 0 aromatic heterocycles. The Kier molecular flexibility index (Phi) is 2.45. The van der Waals surface area contributed by atoms with Crippen molar-refractivity contribution in [3.8, 4) is 0 Å². The fourth-order valence-electron chi connectivity index (χ4n) is 1.70. The van der Waals surface area contributed by atoms with Gasteiger partial charge in [0.15, 0.2) is 0 Å². The number of aliphatic hydroxyl groups is 1. The van der Waals surface area contributed by atoms with Crippen LogP contribution in [0.3, 0.4) is 0 Å². The smallest absolute Gasteiger partial charge is 0.352 e. The molecule has 2 aliphatic rings. The van der Waals surface area contributed by atoms with Gasteiger partial charge in [0.2, 0.25) is 5.91 Å². The second-order valence-electron chi connectivity index (χ2n) is 3.35. The molecule has 0 bridgehead atoms. The Bertz CT molecular complexity index is 368. The Morgan fingerprint density at radius 1 is 1.67 bits per heavy atom. The molecule has 2 rings (SSSR count). The predicted molar refractivity (Wildman–Crippen MR) is 52.8 cm³/mol. The third-order valence-corrected chi connectivity index (χ3v) is 3.84. The Morgan fingerprint density at radius 2 is 2.33 bits per heavy atom. The van der Waals surface area contributed by atoms with Gasteiger partial charge in [-0.15, -0.1) is 11.8 Å². The second kappa shape index (κ2) is 3.51. The van der Waals surface area contributed by atoms with Crippen LogP contribution in [0.15, 0.2) is 11.3 Å². The van der Waals surface area contributed by atoms with Crippen LogP contribution in [0.2, 0.25) is 0 Å². The van der Waals surface area contributed by atoms with Crippen LogP contribution in [0.1, 0.15) is 0 Å². The fourth-order valence-corrected chi connectivity index (χ4v) is 2.98. The van der Waals surface area contributed by atoms with Gasteiger partial charge < -0.3 is 15.9 Å². The first-order chi connectivity index (χ1) is 7.07. The number of carbonyl (C=O) groups excluding carboxylic acids is 1. The van der Waals surface area contributed by atoms with E-state index < -0.39 is 17.9 Å². The lowest BCUT2D eigenvalue weighted by molar-refractivity contribution is -0.148. The van der Waals surface area contributed by atoms with Crippen LogP contribution in [0.25, 0.3) is 0 Å². The van der Waals surface area contributed by atoms with Gasteiger partial charge in [-0.1, -0.05) is 0 Å². The average Bonchev–Trinajstić information content (AvgIpc) is 2.25. The van der Waals surface area contributed by atoms with Gasteiger partial charge in [0.25, 0.3) is 0 Å². The first-order valence-corrected chi connectivity index (χ1v) is 5.39. The summed E-state index contributed by atoms with van der Waals surface area (Å²) in [6.07, 6.45) is 0. The van der Waals surface area contributed by atoms with E-state index >= 15 is 0 Å². The number of carbonyl (C=O) groups is 2. The second-order valence-corrected chi connectivity index (χ2v) is 4.46. The number of hydrogen-bond donors (Lipinski definition) is 3. The molecule has 6 nitrogen and oxygen atoms in total. The summed E-state index contributed by atoms with van der Waals surface area (Å²) in [5.74, 6) is -1.18. The summed E-state index contributed by atoms with van der Waals surface area (Å²) >= 11 is 1.38. The summed E-state index contributed by atoms with van der Waals surface area (Å²) in [4.78, 5) is 23.5. The molecular weight excluding hydrogens is 220 g/mol. The maximum absolute atomic E-state index is 11.4. The van der Waals surface area contributed by atoms with Crippen molar-refractivity contribution in [2.75, 3.05) is 12.4 Å². The van der Waals surface area contributed by atoms with Crippen molar-refractivity contribution in [2.45, 2.75) is 11.4 Å². The van der Waals surface area contributed by atoms with Gasteiger partial charge in [-0.3, -0.25) is 9.69 Å². The third kappa shape index (κ3) is 1.35. The Balaban J connectivity index is 2.38. The lowest BCUT2D eigenvalue weighted by atomic mass is 10.0. The van der Waals surface area contributed by atoms with Crippen LogP contribution in [0, 0.1) is 0 Å². The largest absolute Gasteiger partial charge is 0.477 e. The zero-order valence-electron chi connectivity index (χ0n) is 7.71. The van der Waals surface area contributed by atoms with Crippen LogP contribution in [-0.2, 0) is 9.59 Å². The number of aliphatic carboxylic acids is 1. The summed E-state index contributed by atoms with van der Waals surface area (Å²) in [5.41, 5.74) is 5.80. The molecule has 1 amide bonds. The molecule has 2 atom stereocenters. The standard InChI is InChI=1S/C8H10N2O4S/c9-4-6(12)10-5(8(13)14)3(1-11)2-15-7(4)10/h4,7,11H,1-2,9H2,(H,13,14)/t4-,7?/m1/s1. The highest BCUT2D eigenvalue weighted by Crippen LogP contribution is 2.39. The van der Waals surface area contributed by atoms with E-state index in [1.807, 2.05) is 0 Å². The number of nitrogens with two attached hydrogens (primary N) is 1. The van der Waals surface area contributed by atoms with Gasteiger partial charge in [0.1, 0.15) is 17.1 Å². The number of nitrogens with zero attached hydrogens (tertiary/aromatic N) is 1. The quantitative estimate of drug-likeness (QED) is 0.502. The molecule has 0 aromatic carbocycles. The van der Waals surface area contributed by atoms with Crippen molar-refractivity contribution in [1.29, 1.82) is 0 Å². The molecule has 1 unspecified atom stereocenters. The lowest BCUT2D eigenvalue weighted by Gasteiger charge is -2.47. The van der Waals surface area contributed by atoms with Crippen molar-refractivity contribution in [3.05, 3.63) is 11.3 Å². The van der Waals surface area contributed by atoms with Crippen molar-refractivity contribution in [1.82, 2.24) is 4.90 Å². The Morgan fingerprint density at radius 3 is 2.87 bits per heavy atom. The Labute approximate surface area is 89.7 Å². The molecule has 0 radical (unpaired) electrons. The van der Waals surface area contributed by atoms with Gasteiger partial charge >= 0.3 is 5.97 Å². The maximum Gasteiger partial charge on any atom is 0.352 e. The van der Waals surface area contributed by atoms with Crippen molar-refractivity contribution in [2.24, 2.45) is 5.73 Å². The van der Waals surface area contributed by atoms with E-state index in [0.29, 0.717) is 11.3 Å². The number of aliphatic hydroxyl groups excluding tert-OH is 1. The molecule has 15 heavy (non-hydrogen) atoms. The molecule has 0 saturated carbocycles. The fraction of sp³-hybridized carbons (Fsp3) is 0.500. The van der Waals surface area contributed by atoms with E-state index in [-0.39, 0.29) is 17.7 Å². The van der Waals surface area contributed by atoms with Gasteiger partial charge in [0.05, 0.1) is 6.61 Å². The van der Waals surface area contributed by atoms with Crippen molar-refractivity contribution in [3.63, 3.8) is 0 Å². The van der Waals surface area contributed by atoms with Gasteiger partial charge in [-0.2, -0.15) is 0 Å². The van der Waals surface area contributed by atoms with E-state index in [1.54, 1.807) is 0 Å². The number of fused-ring (bicyclic) bond motifs is 1. The van der Waals surface area contributed by atoms with Crippen LogP contribution in [0.4, 0.5) is 0 Å². The molecular formula is C8H10N2O4S. The van der Waals surface area contributed by atoms with Crippen LogP contribution in [-0.4, -0.2) is 50.8 Å². The van der Waals surface area contributed by atoms with E-state index in [4.69, 9.17) is 15.9 Å². The highest BCUT2D eigenvalue weighted by Gasteiger charge is 2.51. The molecule has 1 fully saturated rings. The first-order valence-electron chi connectivity index (χ1n) is 4.34. The number of rotatable bonds is 2. The summed E-state index contributed by atoms with van der Waals surface area (Å²) in [5, 5.41) is 17.6. The zero-order chi connectivity index (χ0) is 11.2.